The third kappa shape index (κ3) is 6.75. The second kappa shape index (κ2) is 10.2. The molecule has 154 valence electrons. The highest BCUT2D eigenvalue weighted by molar-refractivity contribution is 7.89. The maximum Gasteiger partial charge on any atom is 0.240 e. The molecule has 1 unspecified atom stereocenters. The smallest absolute Gasteiger partial charge is 0.240 e. The molecule has 7 nitrogen and oxygen atoms in total. The van der Waals surface area contributed by atoms with E-state index in [-0.39, 0.29) is 18.0 Å². The van der Waals surface area contributed by atoms with Crippen LogP contribution in [0.5, 0.6) is 0 Å². The number of halogens is 1. The van der Waals surface area contributed by atoms with E-state index >= 15 is 0 Å². The second-order valence-electron chi connectivity index (χ2n) is 6.23. The van der Waals surface area contributed by atoms with Crippen LogP contribution in [0.3, 0.4) is 0 Å². The number of aliphatic hydroxyl groups is 1. The average Bonchev–Trinajstić information content (AvgIpc) is 3.19. The molecule has 2 aromatic rings. The van der Waals surface area contributed by atoms with E-state index in [1.807, 2.05) is 24.4 Å². The first-order chi connectivity index (χ1) is 13.2. The van der Waals surface area contributed by atoms with Crippen molar-refractivity contribution < 1.29 is 13.5 Å². The van der Waals surface area contributed by atoms with Crippen LogP contribution in [0, 0.1) is 0 Å². The molecule has 0 bridgehead atoms. The number of benzene rings is 1. The molecule has 0 aliphatic heterocycles. The largest absolute Gasteiger partial charge is 0.383 e. The van der Waals surface area contributed by atoms with Gasteiger partial charge in [0.25, 0.3) is 0 Å². The van der Waals surface area contributed by atoms with Crippen LogP contribution in [0.4, 0.5) is 0 Å². The standard InChI is InChI=1S/C18H25ClN4O3S2/c1-3-20-17(22-13-18(2,24)16-8-5-11-27-16)21-9-10-23-28(25,26)15-7-4-6-14(19)12-15/h4-8,11-12,23-24H,3,9-10,13H2,1-2H3,(H2,20,21,22). The molecule has 0 amide bonds. The Balaban J connectivity index is 1.89. The Hall–Kier alpha value is -1.65. The van der Waals surface area contributed by atoms with Crippen LogP contribution >= 0.6 is 22.9 Å². The highest BCUT2D eigenvalue weighted by Crippen LogP contribution is 2.25. The van der Waals surface area contributed by atoms with Crippen LogP contribution in [0.25, 0.3) is 0 Å². The van der Waals surface area contributed by atoms with E-state index in [4.69, 9.17) is 11.6 Å². The van der Waals surface area contributed by atoms with E-state index < -0.39 is 15.6 Å². The number of hydrogen-bond acceptors (Lipinski definition) is 5. The van der Waals surface area contributed by atoms with Crippen molar-refractivity contribution in [2.45, 2.75) is 24.3 Å². The van der Waals surface area contributed by atoms with Crippen LogP contribution in [0.15, 0.2) is 51.7 Å². The van der Waals surface area contributed by atoms with Crippen LogP contribution < -0.4 is 15.4 Å². The number of rotatable bonds is 9. The Morgan fingerprint density at radius 3 is 2.68 bits per heavy atom. The third-order valence-corrected chi connectivity index (χ3v) is 6.57. The lowest BCUT2D eigenvalue weighted by Gasteiger charge is -2.20. The molecule has 0 aliphatic rings. The molecule has 1 heterocycles. The quantitative estimate of drug-likeness (QED) is 0.269. The van der Waals surface area contributed by atoms with Crippen LogP contribution in [-0.2, 0) is 15.6 Å². The van der Waals surface area contributed by atoms with Gasteiger partial charge in [0.2, 0.25) is 10.0 Å². The minimum atomic E-state index is -3.63. The second-order valence-corrected chi connectivity index (χ2v) is 9.38. The zero-order valence-electron chi connectivity index (χ0n) is 15.8. The summed E-state index contributed by atoms with van der Waals surface area (Å²) in [4.78, 5) is 5.35. The molecule has 10 heteroatoms. The van der Waals surface area contributed by atoms with E-state index in [1.54, 1.807) is 19.1 Å². The van der Waals surface area contributed by atoms with Crippen molar-refractivity contribution in [1.29, 1.82) is 0 Å². The van der Waals surface area contributed by atoms with Gasteiger partial charge >= 0.3 is 0 Å². The first-order valence-corrected chi connectivity index (χ1v) is 11.5. The lowest BCUT2D eigenvalue weighted by Crippen LogP contribution is -2.42. The van der Waals surface area contributed by atoms with E-state index in [9.17, 15) is 13.5 Å². The Bertz CT molecular complexity index is 884. The van der Waals surface area contributed by atoms with Crippen molar-refractivity contribution in [3.63, 3.8) is 0 Å². The fourth-order valence-electron chi connectivity index (χ4n) is 2.32. The molecule has 28 heavy (non-hydrogen) atoms. The van der Waals surface area contributed by atoms with Gasteiger partial charge in [-0.05, 0) is 43.5 Å². The minimum Gasteiger partial charge on any atom is -0.383 e. The van der Waals surface area contributed by atoms with Crippen molar-refractivity contribution in [3.8, 4) is 0 Å². The number of aliphatic imine (C=N–C) groups is 1. The monoisotopic (exact) mass is 444 g/mol. The van der Waals surface area contributed by atoms with Gasteiger partial charge in [0.15, 0.2) is 5.96 Å². The van der Waals surface area contributed by atoms with E-state index in [0.29, 0.717) is 24.1 Å². The first-order valence-electron chi connectivity index (χ1n) is 8.78. The van der Waals surface area contributed by atoms with E-state index in [2.05, 4.69) is 20.3 Å². The Kier molecular flexibility index (Phi) is 8.26. The average molecular weight is 445 g/mol. The van der Waals surface area contributed by atoms with Gasteiger partial charge in [-0.25, -0.2) is 18.1 Å². The number of sulfonamides is 1. The van der Waals surface area contributed by atoms with E-state index in [1.165, 1.54) is 23.5 Å². The molecular weight excluding hydrogens is 420 g/mol. The highest BCUT2D eigenvalue weighted by Gasteiger charge is 2.24. The van der Waals surface area contributed by atoms with Crippen LogP contribution in [-0.4, -0.2) is 45.7 Å². The maximum absolute atomic E-state index is 12.3. The summed E-state index contributed by atoms with van der Waals surface area (Å²) in [7, 11) is -3.63. The van der Waals surface area contributed by atoms with Crippen molar-refractivity contribution in [1.82, 2.24) is 15.4 Å². The molecule has 0 saturated heterocycles. The van der Waals surface area contributed by atoms with Gasteiger partial charge in [-0.1, -0.05) is 23.7 Å². The number of guanidine groups is 1. The van der Waals surface area contributed by atoms with Gasteiger partial charge in [0.1, 0.15) is 5.60 Å². The van der Waals surface area contributed by atoms with Gasteiger partial charge < -0.3 is 15.7 Å². The molecule has 1 atom stereocenters. The van der Waals surface area contributed by atoms with Gasteiger partial charge in [-0.3, -0.25) is 0 Å². The van der Waals surface area contributed by atoms with E-state index in [0.717, 1.165) is 4.88 Å². The number of nitrogens with one attached hydrogen (secondary N) is 3. The van der Waals surface area contributed by atoms with Gasteiger partial charge in [0.05, 0.1) is 11.4 Å². The molecule has 0 spiro atoms. The lowest BCUT2D eigenvalue weighted by molar-refractivity contribution is 0.0711. The molecule has 0 radical (unpaired) electrons. The maximum atomic E-state index is 12.3. The van der Waals surface area contributed by atoms with Gasteiger partial charge in [-0.2, -0.15) is 0 Å². The van der Waals surface area contributed by atoms with Crippen LogP contribution in [0.1, 0.15) is 18.7 Å². The van der Waals surface area contributed by atoms with Crippen molar-refractivity contribution >= 4 is 38.9 Å². The predicted octanol–water partition coefficient (Wildman–Crippen LogP) is 2.14. The normalized spacial score (nSPS) is 14.5. The molecule has 2 rings (SSSR count). The summed E-state index contributed by atoms with van der Waals surface area (Å²) in [5.74, 6) is 0.501. The number of thiophene rings is 1. The lowest BCUT2D eigenvalue weighted by atomic mass is 10.1. The predicted molar refractivity (Wildman–Crippen MR) is 115 cm³/mol. The summed E-state index contributed by atoms with van der Waals surface area (Å²) in [5.41, 5.74) is -1.06. The topological polar surface area (TPSA) is 103 Å². The van der Waals surface area contributed by atoms with Gasteiger partial charge in [-0.15, -0.1) is 11.3 Å². The third-order valence-electron chi connectivity index (χ3n) is 3.76. The molecule has 0 saturated carbocycles. The van der Waals surface area contributed by atoms with Crippen molar-refractivity contribution in [2.75, 3.05) is 26.2 Å². The summed E-state index contributed by atoms with van der Waals surface area (Å²) in [6.07, 6.45) is 0. The highest BCUT2D eigenvalue weighted by atomic mass is 35.5. The van der Waals surface area contributed by atoms with Crippen LogP contribution in [0.2, 0.25) is 5.02 Å². The summed E-state index contributed by atoms with van der Waals surface area (Å²) >= 11 is 7.32. The van der Waals surface area contributed by atoms with Gasteiger partial charge in [0, 0.05) is 29.5 Å². The Morgan fingerprint density at radius 2 is 2.04 bits per heavy atom. The number of nitrogens with zero attached hydrogens (tertiary/aromatic N) is 1. The molecule has 1 aromatic carbocycles. The molecule has 1 aromatic heterocycles. The summed E-state index contributed by atoms with van der Waals surface area (Å²) in [6.45, 7) is 4.95. The molecule has 0 aliphatic carbocycles. The summed E-state index contributed by atoms with van der Waals surface area (Å²) < 4.78 is 27.1. The zero-order chi connectivity index (χ0) is 20.6. The summed E-state index contributed by atoms with van der Waals surface area (Å²) in [6, 6.07) is 9.84. The summed E-state index contributed by atoms with van der Waals surface area (Å²) in [5, 5.41) is 19.0. The Morgan fingerprint density at radius 1 is 1.25 bits per heavy atom. The molecule has 0 fully saturated rings. The fraction of sp³-hybridized carbons (Fsp3) is 0.389. The first kappa shape index (κ1) is 22.6. The molecule has 4 N–H and O–H groups in total. The number of hydrogen-bond donors (Lipinski definition) is 4. The zero-order valence-corrected chi connectivity index (χ0v) is 18.2. The van der Waals surface area contributed by atoms with Crippen molar-refractivity contribution in [3.05, 3.63) is 51.7 Å². The fourth-order valence-corrected chi connectivity index (χ4v) is 4.43. The Labute approximate surface area is 174 Å². The van der Waals surface area contributed by atoms with Crippen molar-refractivity contribution in [2.24, 2.45) is 4.99 Å². The SMILES string of the molecule is CCNC(=NCC(C)(O)c1cccs1)NCCNS(=O)(=O)c1cccc(Cl)c1. The minimum absolute atomic E-state index is 0.118. The molecular formula is C18H25ClN4O3S2.